The van der Waals surface area contributed by atoms with Crippen molar-refractivity contribution in [3.63, 3.8) is 0 Å². The van der Waals surface area contributed by atoms with Crippen molar-refractivity contribution >= 4 is 11.8 Å². The first-order valence-corrected chi connectivity index (χ1v) is 8.99. The van der Waals surface area contributed by atoms with Crippen molar-refractivity contribution in [2.24, 2.45) is 5.73 Å². The van der Waals surface area contributed by atoms with Gasteiger partial charge in [-0.05, 0) is 56.2 Å². The van der Waals surface area contributed by atoms with Crippen LogP contribution in [0, 0.1) is 0 Å². The van der Waals surface area contributed by atoms with Crippen molar-refractivity contribution < 1.29 is 4.74 Å². The van der Waals surface area contributed by atoms with E-state index in [0.717, 1.165) is 25.1 Å². The Morgan fingerprint density at radius 3 is 2.67 bits per heavy atom. The maximum absolute atomic E-state index is 6.13. The molecule has 1 heterocycles. The maximum atomic E-state index is 6.13. The fourth-order valence-corrected chi connectivity index (χ4v) is 3.77. The second-order valence-electron chi connectivity index (χ2n) is 6.00. The summed E-state index contributed by atoms with van der Waals surface area (Å²) < 4.78 is 5.21. The third kappa shape index (κ3) is 4.63. The van der Waals surface area contributed by atoms with E-state index in [-0.39, 0.29) is 5.54 Å². The van der Waals surface area contributed by atoms with Crippen LogP contribution < -0.4 is 10.5 Å². The van der Waals surface area contributed by atoms with Crippen LogP contribution in [0.5, 0.6) is 5.75 Å². The number of benzene rings is 1. The predicted octanol–water partition coefficient (Wildman–Crippen LogP) is 2.78. The van der Waals surface area contributed by atoms with Crippen molar-refractivity contribution in [3.8, 4) is 5.75 Å². The van der Waals surface area contributed by atoms with Crippen molar-refractivity contribution in [2.45, 2.75) is 31.7 Å². The van der Waals surface area contributed by atoms with E-state index in [9.17, 15) is 0 Å². The van der Waals surface area contributed by atoms with E-state index in [0.29, 0.717) is 0 Å². The predicted molar refractivity (Wildman–Crippen MR) is 92.3 cm³/mol. The summed E-state index contributed by atoms with van der Waals surface area (Å²) in [5.41, 5.74) is 7.61. The summed E-state index contributed by atoms with van der Waals surface area (Å²) in [5.74, 6) is 3.44. The molecule has 1 saturated heterocycles. The summed E-state index contributed by atoms with van der Waals surface area (Å²) in [4.78, 5) is 2.61. The van der Waals surface area contributed by atoms with Gasteiger partial charge in [-0.3, -0.25) is 4.90 Å². The van der Waals surface area contributed by atoms with E-state index in [4.69, 9.17) is 10.5 Å². The molecule has 1 aliphatic rings. The summed E-state index contributed by atoms with van der Waals surface area (Å²) in [5, 5.41) is 0. The highest BCUT2D eigenvalue weighted by Crippen LogP contribution is 2.25. The third-order valence-corrected chi connectivity index (χ3v) is 5.59. The van der Waals surface area contributed by atoms with Gasteiger partial charge in [0, 0.05) is 24.4 Å². The number of ether oxygens (including phenoxy) is 1. The molecule has 0 bridgehead atoms. The van der Waals surface area contributed by atoms with Gasteiger partial charge in [-0.25, -0.2) is 0 Å². The largest absolute Gasteiger partial charge is 0.497 e. The lowest BCUT2D eigenvalue weighted by Crippen LogP contribution is -2.52. The molecular weight excluding hydrogens is 280 g/mol. The molecule has 1 aliphatic heterocycles. The summed E-state index contributed by atoms with van der Waals surface area (Å²) in [6.45, 7) is 5.41. The van der Waals surface area contributed by atoms with Crippen LogP contribution in [0.3, 0.4) is 0 Å². The first-order chi connectivity index (χ1) is 10.2. The summed E-state index contributed by atoms with van der Waals surface area (Å²) >= 11 is 2.07. The number of rotatable bonds is 6. The SMILES string of the molecule is COc1ccc(CCC(C)(CN)N2CCCSCC2)cc1. The lowest BCUT2D eigenvalue weighted by molar-refractivity contribution is 0.111. The fraction of sp³-hybridized carbons (Fsp3) is 0.647. The lowest BCUT2D eigenvalue weighted by Gasteiger charge is -2.40. The highest BCUT2D eigenvalue weighted by Gasteiger charge is 2.30. The lowest BCUT2D eigenvalue weighted by atomic mass is 9.91. The highest BCUT2D eigenvalue weighted by atomic mass is 32.2. The number of nitrogens with zero attached hydrogens (tertiary/aromatic N) is 1. The van der Waals surface area contributed by atoms with Gasteiger partial charge in [-0.2, -0.15) is 11.8 Å². The Morgan fingerprint density at radius 2 is 2.00 bits per heavy atom. The van der Waals surface area contributed by atoms with Gasteiger partial charge in [0.2, 0.25) is 0 Å². The zero-order valence-electron chi connectivity index (χ0n) is 13.3. The molecule has 0 aromatic heterocycles. The Labute approximate surface area is 133 Å². The number of aryl methyl sites for hydroxylation is 1. The molecule has 0 spiro atoms. The van der Waals surface area contributed by atoms with E-state index >= 15 is 0 Å². The first-order valence-electron chi connectivity index (χ1n) is 7.84. The maximum Gasteiger partial charge on any atom is 0.118 e. The second kappa shape index (κ2) is 8.06. The average molecular weight is 308 g/mol. The Kier molecular flexibility index (Phi) is 6.40. The van der Waals surface area contributed by atoms with E-state index < -0.39 is 0 Å². The molecule has 1 atom stereocenters. The Bertz CT molecular complexity index is 415. The fourth-order valence-electron chi connectivity index (χ4n) is 2.88. The molecule has 21 heavy (non-hydrogen) atoms. The zero-order chi connectivity index (χ0) is 15.1. The molecule has 2 N–H and O–H groups in total. The van der Waals surface area contributed by atoms with Crippen molar-refractivity contribution in [3.05, 3.63) is 29.8 Å². The highest BCUT2D eigenvalue weighted by molar-refractivity contribution is 7.99. The van der Waals surface area contributed by atoms with Crippen LogP contribution in [-0.2, 0) is 6.42 Å². The van der Waals surface area contributed by atoms with E-state index in [1.54, 1.807) is 7.11 Å². The number of thioether (sulfide) groups is 1. The number of methoxy groups -OCH3 is 1. The van der Waals surface area contributed by atoms with Crippen LogP contribution in [0.2, 0.25) is 0 Å². The Hall–Kier alpha value is -0.710. The second-order valence-corrected chi connectivity index (χ2v) is 7.23. The van der Waals surface area contributed by atoms with Crippen LogP contribution in [0.15, 0.2) is 24.3 Å². The monoisotopic (exact) mass is 308 g/mol. The van der Waals surface area contributed by atoms with Crippen LogP contribution >= 0.6 is 11.8 Å². The van der Waals surface area contributed by atoms with Gasteiger partial charge in [0.25, 0.3) is 0 Å². The van der Waals surface area contributed by atoms with Gasteiger partial charge < -0.3 is 10.5 Å². The third-order valence-electron chi connectivity index (χ3n) is 4.54. The molecule has 2 rings (SSSR count). The molecule has 118 valence electrons. The van der Waals surface area contributed by atoms with Crippen molar-refractivity contribution in [2.75, 3.05) is 38.2 Å². The van der Waals surface area contributed by atoms with Crippen LogP contribution in [0.25, 0.3) is 0 Å². The zero-order valence-corrected chi connectivity index (χ0v) is 14.1. The number of hydrogen-bond donors (Lipinski definition) is 1. The quantitative estimate of drug-likeness (QED) is 0.877. The van der Waals surface area contributed by atoms with Crippen molar-refractivity contribution in [1.29, 1.82) is 0 Å². The number of nitrogens with two attached hydrogens (primary N) is 1. The average Bonchev–Trinajstić information content (AvgIpc) is 2.83. The minimum absolute atomic E-state index is 0.116. The van der Waals surface area contributed by atoms with Gasteiger partial charge in [-0.15, -0.1) is 0 Å². The van der Waals surface area contributed by atoms with Gasteiger partial charge in [0.1, 0.15) is 5.75 Å². The molecule has 1 aromatic carbocycles. The molecule has 3 nitrogen and oxygen atoms in total. The standard InChI is InChI=1S/C17H28N2OS/c1-17(14-18,19-10-3-12-21-13-11-19)9-8-15-4-6-16(20-2)7-5-15/h4-7H,3,8-14,18H2,1-2H3. The molecule has 0 saturated carbocycles. The molecule has 0 radical (unpaired) electrons. The van der Waals surface area contributed by atoms with Crippen LogP contribution in [0.4, 0.5) is 0 Å². The normalized spacial score (nSPS) is 19.8. The minimum atomic E-state index is 0.116. The molecule has 1 fully saturated rings. The van der Waals surface area contributed by atoms with E-state index in [1.807, 2.05) is 12.1 Å². The molecule has 1 aromatic rings. The van der Waals surface area contributed by atoms with Gasteiger partial charge in [0.15, 0.2) is 0 Å². The van der Waals surface area contributed by atoms with Crippen LogP contribution in [-0.4, -0.2) is 48.7 Å². The summed E-state index contributed by atoms with van der Waals surface area (Å²) in [7, 11) is 1.71. The topological polar surface area (TPSA) is 38.5 Å². The Morgan fingerprint density at radius 1 is 1.24 bits per heavy atom. The summed E-state index contributed by atoms with van der Waals surface area (Å²) in [6, 6.07) is 8.40. The number of hydrogen-bond acceptors (Lipinski definition) is 4. The molecule has 4 heteroatoms. The summed E-state index contributed by atoms with van der Waals surface area (Å²) in [6.07, 6.45) is 3.46. The van der Waals surface area contributed by atoms with Gasteiger partial charge >= 0.3 is 0 Å². The molecule has 0 amide bonds. The Balaban J connectivity index is 1.96. The van der Waals surface area contributed by atoms with Gasteiger partial charge in [0.05, 0.1) is 7.11 Å². The molecule has 1 unspecified atom stereocenters. The van der Waals surface area contributed by atoms with Crippen molar-refractivity contribution in [1.82, 2.24) is 4.90 Å². The van der Waals surface area contributed by atoms with E-state index in [2.05, 4.69) is 35.7 Å². The van der Waals surface area contributed by atoms with Gasteiger partial charge in [-0.1, -0.05) is 12.1 Å². The molecular formula is C17H28N2OS. The van der Waals surface area contributed by atoms with Crippen LogP contribution in [0.1, 0.15) is 25.3 Å². The minimum Gasteiger partial charge on any atom is -0.497 e. The molecule has 0 aliphatic carbocycles. The first kappa shape index (κ1) is 16.7. The van der Waals surface area contributed by atoms with E-state index in [1.165, 1.54) is 36.6 Å². The smallest absolute Gasteiger partial charge is 0.118 e.